The first-order valence-corrected chi connectivity index (χ1v) is 8.13. The van der Waals surface area contributed by atoms with E-state index in [9.17, 15) is 4.79 Å². The lowest BCUT2D eigenvalue weighted by Crippen LogP contribution is -2.43. The highest BCUT2D eigenvalue weighted by atomic mass is 32.2. The Bertz CT molecular complexity index is 694. The summed E-state index contributed by atoms with van der Waals surface area (Å²) in [5.74, 6) is 2.16. The smallest absolute Gasteiger partial charge is 0.265 e. The van der Waals surface area contributed by atoms with Gasteiger partial charge >= 0.3 is 0 Å². The van der Waals surface area contributed by atoms with Gasteiger partial charge in [0.2, 0.25) is 6.10 Å². The summed E-state index contributed by atoms with van der Waals surface area (Å²) in [6, 6.07) is 7.35. The van der Waals surface area contributed by atoms with E-state index < -0.39 is 6.10 Å². The number of nitrogens with zero attached hydrogens (tertiary/aromatic N) is 2. The van der Waals surface area contributed by atoms with E-state index in [-0.39, 0.29) is 12.5 Å². The fourth-order valence-corrected chi connectivity index (χ4v) is 3.45. The van der Waals surface area contributed by atoms with Crippen LogP contribution in [-0.4, -0.2) is 33.9 Å². The molecule has 22 heavy (non-hydrogen) atoms. The Kier molecular flexibility index (Phi) is 3.42. The Hall–Kier alpha value is -2.15. The van der Waals surface area contributed by atoms with Gasteiger partial charge in [-0.1, -0.05) is 23.9 Å². The van der Waals surface area contributed by atoms with Crippen LogP contribution >= 0.6 is 11.8 Å². The fourth-order valence-electron chi connectivity index (χ4n) is 2.49. The third kappa shape index (κ3) is 2.52. The summed E-state index contributed by atoms with van der Waals surface area (Å²) >= 11 is 1.74. The van der Waals surface area contributed by atoms with Gasteiger partial charge in [0.05, 0.1) is 12.2 Å². The van der Waals surface area contributed by atoms with Crippen LogP contribution in [0.5, 0.6) is 11.5 Å². The van der Waals surface area contributed by atoms with Gasteiger partial charge in [-0.05, 0) is 12.1 Å². The van der Waals surface area contributed by atoms with Crippen molar-refractivity contribution in [3.8, 4) is 11.5 Å². The number of hydrogen-bond acceptors (Lipinski definition) is 5. The number of amides is 1. The first-order valence-electron chi connectivity index (χ1n) is 7.14. The molecule has 0 aliphatic carbocycles. The van der Waals surface area contributed by atoms with Crippen LogP contribution in [0.4, 0.5) is 0 Å². The SMILES string of the molecule is O=C(NCc1cn2c(n1)SCC2)[C@@H]1COc2ccccc2O1. The van der Waals surface area contributed by atoms with E-state index in [4.69, 9.17) is 9.47 Å². The minimum atomic E-state index is -0.626. The van der Waals surface area contributed by atoms with Crippen LogP contribution in [0.1, 0.15) is 5.69 Å². The lowest BCUT2D eigenvalue weighted by Gasteiger charge is -2.25. The zero-order chi connectivity index (χ0) is 14.9. The maximum absolute atomic E-state index is 12.2. The molecular weight excluding hydrogens is 302 g/mol. The number of aromatic nitrogens is 2. The van der Waals surface area contributed by atoms with Gasteiger partial charge in [-0.2, -0.15) is 0 Å². The van der Waals surface area contributed by atoms with Crippen molar-refractivity contribution >= 4 is 17.7 Å². The van der Waals surface area contributed by atoms with Gasteiger partial charge in [-0.25, -0.2) is 4.98 Å². The number of hydrogen-bond donors (Lipinski definition) is 1. The van der Waals surface area contributed by atoms with Crippen molar-refractivity contribution < 1.29 is 14.3 Å². The lowest BCUT2D eigenvalue weighted by atomic mass is 10.2. The van der Waals surface area contributed by atoms with Crippen LogP contribution < -0.4 is 14.8 Å². The zero-order valence-corrected chi connectivity index (χ0v) is 12.6. The van der Waals surface area contributed by atoms with E-state index in [1.807, 2.05) is 24.4 Å². The minimum Gasteiger partial charge on any atom is -0.485 e. The summed E-state index contributed by atoms with van der Waals surface area (Å²) in [4.78, 5) is 16.7. The van der Waals surface area contributed by atoms with Crippen molar-refractivity contribution in [1.29, 1.82) is 0 Å². The maximum atomic E-state index is 12.2. The summed E-state index contributed by atoms with van der Waals surface area (Å²) in [6.07, 6.45) is 1.36. The first kappa shape index (κ1) is 13.5. The van der Waals surface area contributed by atoms with Gasteiger partial charge in [-0.3, -0.25) is 4.79 Å². The number of rotatable bonds is 3. The molecule has 3 heterocycles. The molecule has 1 amide bonds. The summed E-state index contributed by atoms with van der Waals surface area (Å²) in [6.45, 7) is 1.61. The molecule has 6 nitrogen and oxygen atoms in total. The normalized spacial score (nSPS) is 18.8. The summed E-state index contributed by atoms with van der Waals surface area (Å²) < 4.78 is 13.3. The van der Waals surface area contributed by atoms with E-state index in [0.717, 1.165) is 23.1 Å². The second-order valence-electron chi connectivity index (χ2n) is 5.14. The molecule has 2 aliphatic rings. The molecule has 2 aliphatic heterocycles. The standard InChI is InChI=1S/C15H15N3O3S/c19-14(13-9-20-11-3-1-2-4-12(11)21-13)16-7-10-8-18-5-6-22-15(18)17-10/h1-4,8,13H,5-7,9H2,(H,16,19)/t13-/m0/s1. The number of para-hydroxylation sites is 2. The van der Waals surface area contributed by atoms with E-state index >= 15 is 0 Å². The number of benzene rings is 1. The van der Waals surface area contributed by atoms with Crippen LogP contribution in [0.2, 0.25) is 0 Å². The number of imidazole rings is 1. The molecular formula is C15H15N3O3S. The Morgan fingerprint density at radius 2 is 2.27 bits per heavy atom. The number of fused-ring (bicyclic) bond motifs is 2. The number of aryl methyl sites for hydroxylation is 1. The van der Waals surface area contributed by atoms with Crippen molar-refractivity contribution in [1.82, 2.24) is 14.9 Å². The molecule has 0 radical (unpaired) electrons. The summed E-state index contributed by atoms with van der Waals surface area (Å²) in [5, 5.41) is 3.88. The largest absolute Gasteiger partial charge is 0.485 e. The number of ether oxygens (including phenoxy) is 2. The second kappa shape index (κ2) is 5.57. The van der Waals surface area contributed by atoms with Gasteiger partial charge in [0, 0.05) is 18.5 Å². The molecule has 0 bridgehead atoms. The molecule has 0 fully saturated rings. The topological polar surface area (TPSA) is 65.4 Å². The highest BCUT2D eigenvalue weighted by molar-refractivity contribution is 7.99. The molecule has 7 heteroatoms. The number of carbonyl (C=O) groups excluding carboxylic acids is 1. The molecule has 0 unspecified atom stereocenters. The zero-order valence-electron chi connectivity index (χ0n) is 11.8. The van der Waals surface area contributed by atoms with Crippen molar-refractivity contribution in [2.75, 3.05) is 12.4 Å². The lowest BCUT2D eigenvalue weighted by molar-refractivity contribution is -0.130. The molecule has 2 aromatic rings. The molecule has 1 aromatic carbocycles. The number of carbonyl (C=O) groups is 1. The number of nitrogens with one attached hydrogen (secondary N) is 1. The van der Waals surface area contributed by atoms with Gasteiger partial charge in [0.25, 0.3) is 5.91 Å². The van der Waals surface area contributed by atoms with Crippen LogP contribution in [0, 0.1) is 0 Å². The average molecular weight is 317 g/mol. The predicted octanol–water partition coefficient (Wildman–Crippen LogP) is 1.44. The van der Waals surface area contributed by atoms with Crippen LogP contribution in [0.15, 0.2) is 35.6 Å². The first-order chi connectivity index (χ1) is 10.8. The van der Waals surface area contributed by atoms with E-state index in [0.29, 0.717) is 18.0 Å². The monoisotopic (exact) mass is 317 g/mol. The van der Waals surface area contributed by atoms with Gasteiger partial charge in [0.1, 0.15) is 6.61 Å². The van der Waals surface area contributed by atoms with Crippen molar-refractivity contribution in [3.05, 3.63) is 36.2 Å². The maximum Gasteiger partial charge on any atom is 0.265 e. The Morgan fingerprint density at radius 3 is 3.14 bits per heavy atom. The van der Waals surface area contributed by atoms with E-state index in [1.54, 1.807) is 17.8 Å². The Labute approximate surface area is 131 Å². The van der Waals surface area contributed by atoms with Crippen LogP contribution in [-0.2, 0) is 17.9 Å². The summed E-state index contributed by atoms with van der Waals surface area (Å²) in [7, 11) is 0. The molecule has 1 N–H and O–H groups in total. The molecule has 1 aromatic heterocycles. The molecule has 114 valence electrons. The third-order valence-electron chi connectivity index (χ3n) is 3.60. The van der Waals surface area contributed by atoms with E-state index in [1.165, 1.54) is 0 Å². The Balaban J connectivity index is 1.36. The quantitative estimate of drug-likeness (QED) is 0.928. The minimum absolute atomic E-state index is 0.185. The Morgan fingerprint density at radius 1 is 1.41 bits per heavy atom. The van der Waals surface area contributed by atoms with Gasteiger partial charge in [0.15, 0.2) is 16.7 Å². The molecule has 0 saturated carbocycles. The number of thioether (sulfide) groups is 1. The van der Waals surface area contributed by atoms with Gasteiger partial charge in [-0.15, -0.1) is 0 Å². The van der Waals surface area contributed by atoms with Gasteiger partial charge < -0.3 is 19.4 Å². The van der Waals surface area contributed by atoms with Crippen molar-refractivity contribution in [2.45, 2.75) is 24.3 Å². The van der Waals surface area contributed by atoms with E-state index in [2.05, 4.69) is 14.9 Å². The average Bonchev–Trinajstić information content (AvgIpc) is 3.13. The summed E-state index contributed by atoms with van der Waals surface area (Å²) in [5.41, 5.74) is 0.868. The van der Waals surface area contributed by atoms with Crippen molar-refractivity contribution in [2.24, 2.45) is 0 Å². The third-order valence-corrected chi connectivity index (χ3v) is 4.57. The highest BCUT2D eigenvalue weighted by Gasteiger charge is 2.27. The fraction of sp³-hybridized carbons (Fsp3) is 0.333. The second-order valence-corrected chi connectivity index (χ2v) is 6.20. The van der Waals surface area contributed by atoms with Crippen LogP contribution in [0.3, 0.4) is 0 Å². The molecule has 4 rings (SSSR count). The molecule has 0 spiro atoms. The highest BCUT2D eigenvalue weighted by Crippen LogP contribution is 2.30. The molecule has 0 saturated heterocycles. The molecule has 1 atom stereocenters. The predicted molar refractivity (Wildman–Crippen MR) is 81.2 cm³/mol. The van der Waals surface area contributed by atoms with Crippen LogP contribution in [0.25, 0.3) is 0 Å². The van der Waals surface area contributed by atoms with Crippen molar-refractivity contribution in [3.63, 3.8) is 0 Å².